The van der Waals surface area contributed by atoms with Gasteiger partial charge in [-0.15, -0.1) is 0 Å². The van der Waals surface area contributed by atoms with E-state index < -0.39 is 5.97 Å². The summed E-state index contributed by atoms with van der Waals surface area (Å²) in [6, 6.07) is 13.5. The van der Waals surface area contributed by atoms with Crippen molar-refractivity contribution < 1.29 is 9.90 Å². The molecular formula is C27H23Cl2N5O2. The molecule has 0 saturated heterocycles. The highest BCUT2D eigenvalue weighted by molar-refractivity contribution is 6.35. The zero-order valence-electron chi connectivity index (χ0n) is 19.2. The van der Waals surface area contributed by atoms with E-state index >= 15 is 0 Å². The minimum atomic E-state index is -0.718. The van der Waals surface area contributed by atoms with E-state index in [-0.39, 0.29) is 11.8 Å². The van der Waals surface area contributed by atoms with Crippen molar-refractivity contribution in [2.45, 2.75) is 31.6 Å². The van der Waals surface area contributed by atoms with Crippen LogP contribution in [0.5, 0.6) is 0 Å². The Morgan fingerprint density at radius 1 is 1.08 bits per heavy atom. The minimum absolute atomic E-state index is 0.147. The van der Waals surface area contributed by atoms with Gasteiger partial charge in [-0.05, 0) is 49.9 Å². The third-order valence-corrected chi connectivity index (χ3v) is 7.75. The maximum atomic E-state index is 11.4. The first-order chi connectivity index (χ1) is 17.4. The predicted molar refractivity (Wildman–Crippen MR) is 142 cm³/mol. The number of carboxylic acids is 1. The van der Waals surface area contributed by atoms with Gasteiger partial charge >= 0.3 is 5.97 Å². The number of halogens is 2. The van der Waals surface area contributed by atoms with Gasteiger partial charge in [0.05, 0.1) is 17.1 Å². The Bertz CT molecular complexity index is 1630. The Balaban J connectivity index is 1.49. The summed E-state index contributed by atoms with van der Waals surface area (Å²) in [5.74, 6) is 0.416. The van der Waals surface area contributed by atoms with Crippen molar-refractivity contribution in [1.29, 1.82) is 0 Å². The molecule has 0 spiro atoms. The van der Waals surface area contributed by atoms with E-state index in [4.69, 9.17) is 33.9 Å². The number of nitrogen functional groups attached to an aromatic ring is 1. The molecule has 1 aliphatic rings. The SMILES string of the molecule is Nc1nccn2c(C3CCC(C(=O)O)CC3)nc(-c3cc4cccc(-c5cc(Cl)ccc5Cl)c4[nH]3)c12. The summed E-state index contributed by atoms with van der Waals surface area (Å²) in [5, 5.41) is 11.6. The van der Waals surface area contributed by atoms with Gasteiger partial charge in [0.2, 0.25) is 0 Å². The number of nitrogens with two attached hydrogens (primary N) is 1. The summed E-state index contributed by atoms with van der Waals surface area (Å²) >= 11 is 12.8. The smallest absolute Gasteiger partial charge is 0.306 e. The number of aromatic nitrogens is 4. The molecule has 0 unspecified atom stereocenters. The first-order valence-corrected chi connectivity index (χ1v) is 12.6. The molecule has 7 nitrogen and oxygen atoms in total. The molecule has 0 radical (unpaired) electrons. The second-order valence-corrected chi connectivity index (χ2v) is 10.2. The molecule has 0 amide bonds. The fourth-order valence-electron chi connectivity index (χ4n) is 5.37. The third kappa shape index (κ3) is 3.79. The fraction of sp³-hybridized carbons (Fsp3) is 0.222. The number of hydrogen-bond acceptors (Lipinski definition) is 4. The van der Waals surface area contributed by atoms with Crippen LogP contribution in [0, 0.1) is 5.92 Å². The van der Waals surface area contributed by atoms with Gasteiger partial charge in [0.25, 0.3) is 0 Å². The Labute approximate surface area is 216 Å². The lowest BCUT2D eigenvalue weighted by molar-refractivity contribution is -0.142. The molecule has 2 aromatic carbocycles. The summed E-state index contributed by atoms with van der Waals surface area (Å²) in [4.78, 5) is 24.4. The largest absolute Gasteiger partial charge is 0.481 e. The molecule has 0 atom stereocenters. The van der Waals surface area contributed by atoms with E-state index in [1.165, 1.54) is 0 Å². The van der Waals surface area contributed by atoms with Gasteiger partial charge < -0.3 is 15.8 Å². The van der Waals surface area contributed by atoms with Crippen molar-refractivity contribution in [3.05, 3.63) is 70.7 Å². The number of nitrogens with one attached hydrogen (secondary N) is 1. The standard InChI is InChI=1S/C27H23Cl2N5O2/c28-17-8-9-20(29)19(13-17)18-3-1-2-16-12-21(32-22(16)18)23-24-25(30)31-10-11-34(24)26(33-23)14-4-6-15(7-5-14)27(35)36/h1-3,8-15,32H,4-7H2,(H2,30,31)(H,35,36). The molecule has 9 heteroatoms. The summed E-state index contributed by atoms with van der Waals surface area (Å²) in [5.41, 5.74) is 11.3. The number of aromatic amines is 1. The highest BCUT2D eigenvalue weighted by Gasteiger charge is 2.30. The number of hydrogen-bond donors (Lipinski definition) is 3. The molecule has 1 fully saturated rings. The summed E-state index contributed by atoms with van der Waals surface area (Å²) < 4.78 is 2.00. The third-order valence-electron chi connectivity index (χ3n) is 7.18. The van der Waals surface area contributed by atoms with Gasteiger partial charge in [-0.1, -0.05) is 41.4 Å². The Morgan fingerprint density at radius 2 is 1.89 bits per heavy atom. The molecule has 5 aromatic rings. The van der Waals surface area contributed by atoms with Gasteiger partial charge in [0, 0.05) is 44.9 Å². The van der Waals surface area contributed by atoms with E-state index in [2.05, 4.69) is 16.0 Å². The number of nitrogens with zero attached hydrogens (tertiary/aromatic N) is 3. The Hall–Kier alpha value is -3.55. The first kappa shape index (κ1) is 22.9. The van der Waals surface area contributed by atoms with Crippen molar-refractivity contribution in [1.82, 2.24) is 19.4 Å². The molecule has 4 N–H and O–H groups in total. The molecule has 182 valence electrons. The number of aliphatic carboxylic acids is 1. The van der Waals surface area contributed by atoms with Crippen LogP contribution in [0.4, 0.5) is 5.82 Å². The maximum absolute atomic E-state index is 11.4. The summed E-state index contributed by atoms with van der Waals surface area (Å²) in [7, 11) is 0. The normalized spacial score (nSPS) is 18.2. The average molecular weight is 520 g/mol. The van der Waals surface area contributed by atoms with E-state index in [1.54, 1.807) is 18.3 Å². The van der Waals surface area contributed by atoms with Gasteiger partial charge in [-0.2, -0.15) is 0 Å². The van der Waals surface area contributed by atoms with Crippen molar-refractivity contribution in [2.24, 2.45) is 5.92 Å². The van der Waals surface area contributed by atoms with Crippen molar-refractivity contribution in [3.8, 4) is 22.5 Å². The first-order valence-electron chi connectivity index (χ1n) is 11.8. The van der Waals surface area contributed by atoms with Gasteiger partial charge in [-0.25, -0.2) is 9.97 Å². The van der Waals surface area contributed by atoms with Crippen LogP contribution in [0.15, 0.2) is 54.9 Å². The van der Waals surface area contributed by atoms with E-state index in [0.29, 0.717) is 28.7 Å². The number of imidazole rings is 1. The molecule has 1 aliphatic carbocycles. The molecule has 3 heterocycles. The minimum Gasteiger partial charge on any atom is -0.481 e. The van der Waals surface area contributed by atoms with Gasteiger partial charge in [0.15, 0.2) is 0 Å². The van der Waals surface area contributed by atoms with Crippen LogP contribution in [0.3, 0.4) is 0 Å². The van der Waals surface area contributed by atoms with Crippen LogP contribution >= 0.6 is 23.2 Å². The highest BCUT2D eigenvalue weighted by atomic mass is 35.5. The highest BCUT2D eigenvalue weighted by Crippen LogP contribution is 2.40. The van der Waals surface area contributed by atoms with Crippen LogP contribution < -0.4 is 5.73 Å². The number of H-pyrrole nitrogens is 1. The van der Waals surface area contributed by atoms with Crippen LogP contribution in [0.25, 0.3) is 38.9 Å². The summed E-state index contributed by atoms with van der Waals surface area (Å²) in [6.45, 7) is 0. The zero-order valence-corrected chi connectivity index (χ0v) is 20.7. The van der Waals surface area contributed by atoms with Crippen molar-refractivity contribution in [2.75, 3.05) is 5.73 Å². The van der Waals surface area contributed by atoms with Gasteiger partial charge in [-0.3, -0.25) is 9.20 Å². The number of carbonyl (C=O) groups is 1. The number of rotatable bonds is 4. The second kappa shape index (κ2) is 8.84. The Morgan fingerprint density at radius 3 is 2.67 bits per heavy atom. The molecule has 0 aliphatic heterocycles. The van der Waals surface area contributed by atoms with Crippen LogP contribution in [0.2, 0.25) is 10.0 Å². The van der Waals surface area contributed by atoms with Crippen LogP contribution in [-0.2, 0) is 4.79 Å². The number of benzene rings is 2. The zero-order chi connectivity index (χ0) is 25.0. The lowest BCUT2D eigenvalue weighted by Gasteiger charge is -2.25. The maximum Gasteiger partial charge on any atom is 0.306 e. The molecule has 36 heavy (non-hydrogen) atoms. The topological polar surface area (TPSA) is 109 Å². The lowest BCUT2D eigenvalue weighted by Crippen LogP contribution is -2.21. The monoisotopic (exact) mass is 519 g/mol. The van der Waals surface area contributed by atoms with Crippen LogP contribution in [0.1, 0.15) is 37.4 Å². The van der Waals surface area contributed by atoms with Crippen molar-refractivity contribution >= 4 is 51.4 Å². The van der Waals surface area contributed by atoms with Crippen LogP contribution in [-0.4, -0.2) is 30.4 Å². The predicted octanol–water partition coefficient (Wildman–Crippen LogP) is 6.79. The average Bonchev–Trinajstić information content (AvgIpc) is 3.48. The molecule has 6 rings (SSSR count). The quantitative estimate of drug-likeness (QED) is 0.242. The molecule has 1 saturated carbocycles. The number of carboxylic acid groups (broad SMARTS) is 1. The summed E-state index contributed by atoms with van der Waals surface area (Å²) in [6.07, 6.45) is 6.36. The number of fused-ring (bicyclic) bond motifs is 2. The fourth-order valence-corrected chi connectivity index (χ4v) is 5.76. The second-order valence-electron chi connectivity index (χ2n) is 9.31. The van der Waals surface area contributed by atoms with E-state index in [0.717, 1.165) is 57.6 Å². The molecule has 3 aromatic heterocycles. The van der Waals surface area contributed by atoms with E-state index in [1.807, 2.05) is 34.9 Å². The number of anilines is 1. The lowest BCUT2D eigenvalue weighted by atomic mass is 9.81. The number of para-hydroxylation sites is 1. The molecular weight excluding hydrogens is 497 g/mol. The van der Waals surface area contributed by atoms with Gasteiger partial charge in [0.1, 0.15) is 22.9 Å². The Kier molecular flexibility index (Phi) is 5.62. The molecule has 0 bridgehead atoms. The van der Waals surface area contributed by atoms with Crippen molar-refractivity contribution in [3.63, 3.8) is 0 Å². The van der Waals surface area contributed by atoms with E-state index in [9.17, 15) is 9.90 Å².